The fourth-order valence-corrected chi connectivity index (χ4v) is 3.54. The van der Waals surface area contributed by atoms with E-state index in [-0.39, 0.29) is 37.5 Å². The van der Waals surface area contributed by atoms with Gasteiger partial charge in [0.05, 0.1) is 13.1 Å². The molecule has 4 rings (SSSR count). The van der Waals surface area contributed by atoms with Crippen LogP contribution in [0.3, 0.4) is 0 Å². The van der Waals surface area contributed by atoms with Gasteiger partial charge in [-0.05, 0) is 17.7 Å². The zero-order valence-corrected chi connectivity index (χ0v) is 15.4. The summed E-state index contributed by atoms with van der Waals surface area (Å²) in [6.45, 7) is 1.10. The summed E-state index contributed by atoms with van der Waals surface area (Å²) in [6, 6.07) is 17.6. The fourth-order valence-electron chi connectivity index (χ4n) is 3.54. The van der Waals surface area contributed by atoms with Crippen LogP contribution in [-0.2, 0) is 16.1 Å². The standard InChI is InChI=1S/C21H21N3O4/c25-19(15-28-17-9-5-2-6-10-17)22-11-12-23-18(14-22)20(26)24(21(23)27)13-16-7-3-1-4-8-16/h1-10,18H,11-15H2. The van der Waals surface area contributed by atoms with E-state index in [2.05, 4.69) is 0 Å². The van der Waals surface area contributed by atoms with Crippen molar-refractivity contribution in [3.05, 3.63) is 66.2 Å². The third kappa shape index (κ3) is 3.55. The number of rotatable bonds is 5. The van der Waals surface area contributed by atoms with Gasteiger partial charge in [0.25, 0.3) is 11.8 Å². The molecule has 28 heavy (non-hydrogen) atoms. The summed E-state index contributed by atoms with van der Waals surface area (Å²) in [5.74, 6) is 0.177. The van der Waals surface area contributed by atoms with E-state index in [9.17, 15) is 14.4 Å². The van der Waals surface area contributed by atoms with Crippen LogP contribution in [0.4, 0.5) is 4.79 Å². The molecule has 7 heteroatoms. The molecule has 144 valence electrons. The fraction of sp³-hybridized carbons (Fsp3) is 0.286. The molecule has 0 aliphatic carbocycles. The summed E-state index contributed by atoms with van der Waals surface area (Å²) in [5.41, 5.74) is 0.897. The minimum atomic E-state index is -0.620. The van der Waals surface area contributed by atoms with Crippen LogP contribution in [0, 0.1) is 0 Å². The van der Waals surface area contributed by atoms with Crippen LogP contribution in [0.2, 0.25) is 0 Å². The monoisotopic (exact) mass is 379 g/mol. The van der Waals surface area contributed by atoms with Gasteiger partial charge < -0.3 is 14.5 Å². The van der Waals surface area contributed by atoms with Gasteiger partial charge in [0, 0.05) is 13.1 Å². The lowest BCUT2D eigenvalue weighted by Gasteiger charge is -2.35. The summed E-state index contributed by atoms with van der Waals surface area (Å²) in [6.07, 6.45) is 0. The number of imide groups is 1. The molecule has 2 aliphatic heterocycles. The second-order valence-electron chi connectivity index (χ2n) is 6.84. The largest absolute Gasteiger partial charge is 0.484 e. The Labute approximate surface area is 163 Å². The van der Waals surface area contributed by atoms with Crippen molar-refractivity contribution in [2.45, 2.75) is 12.6 Å². The van der Waals surface area contributed by atoms with E-state index in [0.29, 0.717) is 18.8 Å². The first-order valence-electron chi connectivity index (χ1n) is 9.25. The normalized spacial score (nSPS) is 19.0. The molecule has 4 amide bonds. The van der Waals surface area contributed by atoms with Gasteiger partial charge in [0.15, 0.2) is 6.61 Å². The first-order chi connectivity index (χ1) is 13.6. The molecule has 1 atom stereocenters. The molecular formula is C21H21N3O4. The Kier molecular flexibility index (Phi) is 4.97. The number of ether oxygens (including phenoxy) is 1. The van der Waals surface area contributed by atoms with E-state index in [1.165, 1.54) is 4.90 Å². The quantitative estimate of drug-likeness (QED) is 0.742. The van der Waals surface area contributed by atoms with E-state index >= 15 is 0 Å². The van der Waals surface area contributed by atoms with Crippen LogP contribution in [0.5, 0.6) is 5.75 Å². The highest BCUT2D eigenvalue weighted by Crippen LogP contribution is 2.24. The smallest absolute Gasteiger partial charge is 0.327 e. The van der Waals surface area contributed by atoms with Crippen LogP contribution in [0.1, 0.15) is 5.56 Å². The first kappa shape index (κ1) is 18.0. The maximum Gasteiger partial charge on any atom is 0.327 e. The number of benzene rings is 2. The highest BCUT2D eigenvalue weighted by molar-refractivity contribution is 6.04. The number of carbonyl (C=O) groups is 3. The molecule has 0 N–H and O–H groups in total. The number of nitrogens with zero attached hydrogens (tertiary/aromatic N) is 3. The van der Waals surface area contributed by atoms with Crippen molar-refractivity contribution in [2.75, 3.05) is 26.2 Å². The summed E-state index contributed by atoms with van der Waals surface area (Å²) in [7, 11) is 0. The van der Waals surface area contributed by atoms with E-state index in [0.717, 1.165) is 5.56 Å². The second-order valence-corrected chi connectivity index (χ2v) is 6.84. The summed E-state index contributed by atoms with van der Waals surface area (Å²) in [4.78, 5) is 42.4. The molecule has 0 saturated carbocycles. The molecule has 1 unspecified atom stereocenters. The van der Waals surface area contributed by atoms with Crippen LogP contribution in [0.25, 0.3) is 0 Å². The van der Waals surface area contributed by atoms with Crippen LogP contribution >= 0.6 is 0 Å². The van der Waals surface area contributed by atoms with Gasteiger partial charge in [-0.15, -0.1) is 0 Å². The van der Waals surface area contributed by atoms with Crippen molar-refractivity contribution in [3.8, 4) is 5.75 Å². The lowest BCUT2D eigenvalue weighted by Crippen LogP contribution is -2.55. The Morgan fingerprint density at radius 1 is 0.964 bits per heavy atom. The Bertz CT molecular complexity index is 872. The van der Waals surface area contributed by atoms with Gasteiger partial charge in [-0.25, -0.2) is 4.79 Å². The first-order valence-corrected chi connectivity index (χ1v) is 9.25. The molecule has 2 aromatic rings. The topological polar surface area (TPSA) is 70.2 Å². The molecule has 7 nitrogen and oxygen atoms in total. The lowest BCUT2D eigenvalue weighted by molar-refractivity contribution is -0.138. The number of hydrogen-bond acceptors (Lipinski definition) is 4. The maximum absolute atomic E-state index is 12.8. The maximum atomic E-state index is 12.8. The Hall–Kier alpha value is -3.35. The predicted molar refractivity (Wildman–Crippen MR) is 101 cm³/mol. The minimum absolute atomic E-state index is 0.0907. The van der Waals surface area contributed by atoms with Crippen molar-refractivity contribution >= 4 is 17.8 Å². The van der Waals surface area contributed by atoms with E-state index < -0.39 is 6.04 Å². The average molecular weight is 379 g/mol. The van der Waals surface area contributed by atoms with Crippen LogP contribution < -0.4 is 4.74 Å². The van der Waals surface area contributed by atoms with Crippen molar-refractivity contribution in [1.29, 1.82) is 0 Å². The number of fused-ring (bicyclic) bond motifs is 1. The molecule has 0 aromatic heterocycles. The summed E-state index contributed by atoms with van der Waals surface area (Å²) >= 11 is 0. The zero-order chi connectivity index (χ0) is 19.5. The molecule has 2 fully saturated rings. The molecule has 0 radical (unpaired) electrons. The van der Waals surface area contributed by atoms with Gasteiger partial charge in [0.1, 0.15) is 11.8 Å². The van der Waals surface area contributed by atoms with Crippen LogP contribution in [0.15, 0.2) is 60.7 Å². The van der Waals surface area contributed by atoms with Crippen molar-refractivity contribution in [1.82, 2.24) is 14.7 Å². The molecule has 2 saturated heterocycles. The summed E-state index contributed by atoms with van der Waals surface area (Å²) < 4.78 is 5.51. The van der Waals surface area contributed by atoms with Crippen LogP contribution in [-0.4, -0.2) is 64.8 Å². The van der Waals surface area contributed by atoms with Gasteiger partial charge in [-0.3, -0.25) is 14.5 Å². The Morgan fingerprint density at radius 3 is 2.36 bits per heavy atom. The SMILES string of the molecule is O=C(COc1ccccc1)N1CCN2C(=O)N(Cc3ccccc3)C(=O)C2C1. The molecule has 0 spiro atoms. The average Bonchev–Trinajstić information content (AvgIpc) is 2.98. The van der Waals surface area contributed by atoms with Crippen molar-refractivity contribution in [2.24, 2.45) is 0 Å². The molecule has 2 heterocycles. The molecule has 2 aromatic carbocycles. The number of urea groups is 1. The van der Waals surface area contributed by atoms with E-state index in [1.807, 2.05) is 48.5 Å². The highest BCUT2D eigenvalue weighted by atomic mass is 16.5. The third-order valence-electron chi connectivity index (χ3n) is 5.05. The van der Waals surface area contributed by atoms with Gasteiger partial charge in [0.2, 0.25) is 0 Å². The van der Waals surface area contributed by atoms with Crippen molar-refractivity contribution in [3.63, 3.8) is 0 Å². The number of piperazine rings is 1. The lowest BCUT2D eigenvalue weighted by atomic mass is 10.1. The summed E-state index contributed by atoms with van der Waals surface area (Å²) in [5, 5.41) is 0. The predicted octanol–water partition coefficient (Wildman–Crippen LogP) is 1.74. The molecular weight excluding hydrogens is 358 g/mol. The van der Waals surface area contributed by atoms with Crippen molar-refractivity contribution < 1.29 is 19.1 Å². The van der Waals surface area contributed by atoms with Gasteiger partial charge in [-0.2, -0.15) is 0 Å². The zero-order valence-electron chi connectivity index (χ0n) is 15.4. The number of carbonyl (C=O) groups excluding carboxylic acids is 3. The third-order valence-corrected chi connectivity index (χ3v) is 5.05. The van der Waals surface area contributed by atoms with Gasteiger partial charge in [-0.1, -0.05) is 48.5 Å². The second kappa shape index (κ2) is 7.72. The Morgan fingerprint density at radius 2 is 1.64 bits per heavy atom. The minimum Gasteiger partial charge on any atom is -0.484 e. The highest BCUT2D eigenvalue weighted by Gasteiger charge is 2.48. The number of amides is 4. The van der Waals surface area contributed by atoms with E-state index in [1.54, 1.807) is 21.9 Å². The molecule has 2 aliphatic rings. The Balaban J connectivity index is 1.38. The van der Waals surface area contributed by atoms with E-state index in [4.69, 9.17) is 4.74 Å². The number of para-hydroxylation sites is 1. The number of hydrogen-bond donors (Lipinski definition) is 0. The van der Waals surface area contributed by atoms with Gasteiger partial charge >= 0.3 is 6.03 Å². The molecule has 0 bridgehead atoms.